The van der Waals surface area contributed by atoms with Gasteiger partial charge in [-0.3, -0.25) is 20.2 Å². The van der Waals surface area contributed by atoms with E-state index >= 15 is 0 Å². The molecule has 9 heteroatoms. The van der Waals surface area contributed by atoms with Gasteiger partial charge in [0.1, 0.15) is 11.6 Å². The number of carbonyl (C=O) groups is 1. The summed E-state index contributed by atoms with van der Waals surface area (Å²) >= 11 is 3.59. The Bertz CT molecular complexity index is 706. The van der Waals surface area contributed by atoms with E-state index in [4.69, 9.17) is 4.74 Å². The number of carbonyl (C=O) groups excluding carboxylic acids is 1. The van der Waals surface area contributed by atoms with E-state index in [0.717, 1.165) is 24.1 Å². The van der Waals surface area contributed by atoms with E-state index in [1.165, 1.54) is 0 Å². The van der Waals surface area contributed by atoms with Crippen molar-refractivity contribution in [3.63, 3.8) is 0 Å². The molecule has 5 atom stereocenters. The summed E-state index contributed by atoms with van der Waals surface area (Å²) in [6.45, 7) is 5.46. The molecule has 27 heavy (non-hydrogen) atoms. The quantitative estimate of drug-likeness (QED) is 0.314. The molecule has 0 bridgehead atoms. The lowest BCUT2D eigenvalue weighted by atomic mass is 9.90. The number of hydrogen-bond acceptors (Lipinski definition) is 6. The first-order valence-electron chi connectivity index (χ1n) is 9.08. The zero-order valence-electron chi connectivity index (χ0n) is 15.4. The van der Waals surface area contributed by atoms with E-state index in [2.05, 4.69) is 26.6 Å². The zero-order chi connectivity index (χ0) is 19.6. The summed E-state index contributed by atoms with van der Waals surface area (Å²) in [5.41, 5.74) is 0.969. The highest BCUT2D eigenvalue weighted by Crippen LogP contribution is 2.37. The van der Waals surface area contributed by atoms with Gasteiger partial charge in [-0.25, -0.2) is 0 Å². The SMILES string of the molecule is C[C@H]1CN(C=O)C[C@@](C)(c2ccccc2N[C@H]2C(Br)CCNC2[N+](=O)[O-])O1. The van der Waals surface area contributed by atoms with E-state index in [1.807, 2.05) is 38.1 Å². The summed E-state index contributed by atoms with van der Waals surface area (Å²) in [6, 6.07) is 7.24. The number of halogens is 1. The van der Waals surface area contributed by atoms with Gasteiger partial charge < -0.3 is 15.0 Å². The minimum Gasteiger partial charge on any atom is -0.373 e. The van der Waals surface area contributed by atoms with Crippen LogP contribution in [0.2, 0.25) is 0 Å². The Hall–Kier alpha value is -1.71. The number of para-hydroxylation sites is 1. The number of rotatable bonds is 5. The minimum atomic E-state index is -0.887. The van der Waals surface area contributed by atoms with Crippen LogP contribution >= 0.6 is 15.9 Å². The lowest BCUT2D eigenvalue weighted by Gasteiger charge is -2.43. The normalized spacial score (nSPS) is 34.1. The van der Waals surface area contributed by atoms with Gasteiger partial charge in [0.15, 0.2) is 0 Å². The van der Waals surface area contributed by atoms with Gasteiger partial charge >= 0.3 is 0 Å². The fraction of sp³-hybridized carbons (Fsp3) is 0.611. The van der Waals surface area contributed by atoms with E-state index in [1.54, 1.807) is 4.90 Å². The minimum absolute atomic E-state index is 0.0346. The Kier molecular flexibility index (Phi) is 6.02. The van der Waals surface area contributed by atoms with E-state index < -0.39 is 17.8 Å². The Morgan fingerprint density at radius 1 is 1.48 bits per heavy atom. The molecule has 2 heterocycles. The number of nitrogens with one attached hydrogen (secondary N) is 2. The number of piperidine rings is 1. The number of amides is 1. The summed E-state index contributed by atoms with van der Waals surface area (Å²) < 4.78 is 6.22. The smallest absolute Gasteiger partial charge is 0.287 e. The molecule has 2 aliphatic rings. The predicted octanol–water partition coefficient (Wildman–Crippen LogP) is 1.92. The van der Waals surface area contributed by atoms with Crippen LogP contribution in [0.3, 0.4) is 0 Å². The van der Waals surface area contributed by atoms with E-state index in [-0.39, 0.29) is 15.9 Å². The monoisotopic (exact) mass is 440 g/mol. The largest absolute Gasteiger partial charge is 0.373 e. The van der Waals surface area contributed by atoms with Crippen molar-refractivity contribution in [3.8, 4) is 0 Å². The molecular formula is C18H25BrN4O4. The Labute approximate surface area is 166 Å². The van der Waals surface area contributed by atoms with Crippen LogP contribution in [0.25, 0.3) is 0 Å². The first-order valence-corrected chi connectivity index (χ1v) is 10.00. The number of anilines is 1. The molecule has 0 radical (unpaired) electrons. The molecule has 3 rings (SSSR count). The van der Waals surface area contributed by atoms with Gasteiger partial charge in [-0.2, -0.15) is 0 Å². The van der Waals surface area contributed by atoms with Gasteiger partial charge in [-0.05, 0) is 26.3 Å². The number of alkyl halides is 1. The summed E-state index contributed by atoms with van der Waals surface area (Å²) in [7, 11) is 0. The van der Waals surface area contributed by atoms with Crippen LogP contribution in [0, 0.1) is 10.1 Å². The molecule has 1 aromatic carbocycles. The van der Waals surface area contributed by atoms with Crippen molar-refractivity contribution in [3.05, 3.63) is 39.9 Å². The lowest BCUT2D eigenvalue weighted by Crippen LogP contribution is -2.58. The van der Waals surface area contributed by atoms with Crippen molar-refractivity contribution in [2.45, 2.75) is 49.0 Å². The van der Waals surface area contributed by atoms with E-state index in [0.29, 0.717) is 19.6 Å². The average Bonchev–Trinajstić information content (AvgIpc) is 2.62. The number of nitrogens with zero attached hydrogens (tertiary/aromatic N) is 2. The maximum atomic E-state index is 11.5. The molecule has 148 valence electrons. The third-order valence-corrected chi connectivity index (χ3v) is 6.18. The van der Waals surface area contributed by atoms with Crippen molar-refractivity contribution in [2.75, 3.05) is 25.0 Å². The fourth-order valence-electron chi connectivity index (χ4n) is 4.03. The van der Waals surface area contributed by atoms with Crippen molar-refractivity contribution in [1.29, 1.82) is 0 Å². The maximum absolute atomic E-state index is 11.5. The van der Waals surface area contributed by atoms with Gasteiger partial charge in [0, 0.05) is 34.1 Å². The Balaban J connectivity index is 1.91. The van der Waals surface area contributed by atoms with Gasteiger partial charge in [0.25, 0.3) is 6.17 Å². The van der Waals surface area contributed by atoms with Crippen LogP contribution in [-0.4, -0.2) is 59.0 Å². The molecule has 2 unspecified atom stereocenters. The van der Waals surface area contributed by atoms with Crippen LogP contribution < -0.4 is 10.6 Å². The number of ether oxygens (including phenoxy) is 1. The Morgan fingerprint density at radius 2 is 2.22 bits per heavy atom. The highest BCUT2D eigenvalue weighted by Gasteiger charge is 2.42. The van der Waals surface area contributed by atoms with Crippen molar-refractivity contribution in [2.24, 2.45) is 0 Å². The second-order valence-corrected chi connectivity index (χ2v) is 8.58. The predicted molar refractivity (Wildman–Crippen MR) is 106 cm³/mol. The van der Waals surface area contributed by atoms with E-state index in [9.17, 15) is 14.9 Å². The third-order valence-electron chi connectivity index (χ3n) is 5.16. The standard InChI is InChI=1S/C18H25BrN4O4/c1-12-9-22(11-24)10-18(2,27-12)13-5-3-4-6-15(13)21-16-14(19)7-8-20-17(16)23(25)26/h3-6,11-12,14,16-17,20-21H,7-10H2,1-2H3/t12-,14?,16-,17?,18-/m0/s1. The molecule has 1 aromatic rings. The maximum Gasteiger partial charge on any atom is 0.287 e. The van der Waals surface area contributed by atoms with Gasteiger partial charge in [-0.15, -0.1) is 0 Å². The highest BCUT2D eigenvalue weighted by molar-refractivity contribution is 9.09. The van der Waals surface area contributed by atoms with Crippen molar-refractivity contribution in [1.82, 2.24) is 10.2 Å². The Morgan fingerprint density at radius 3 is 2.93 bits per heavy atom. The molecule has 0 saturated carbocycles. The molecular weight excluding hydrogens is 416 g/mol. The molecule has 2 N–H and O–H groups in total. The molecule has 8 nitrogen and oxygen atoms in total. The second kappa shape index (κ2) is 8.12. The van der Waals surface area contributed by atoms with Crippen molar-refractivity contribution >= 4 is 28.0 Å². The zero-order valence-corrected chi connectivity index (χ0v) is 17.0. The topological polar surface area (TPSA) is 96.7 Å². The lowest BCUT2D eigenvalue weighted by molar-refractivity contribution is -0.533. The number of morpholine rings is 1. The first kappa shape index (κ1) is 20.0. The van der Waals surface area contributed by atoms with Gasteiger partial charge in [0.05, 0.1) is 12.6 Å². The van der Waals surface area contributed by atoms with Crippen molar-refractivity contribution < 1.29 is 14.5 Å². The van der Waals surface area contributed by atoms with Crippen LogP contribution in [0.15, 0.2) is 24.3 Å². The number of hydrogen-bond donors (Lipinski definition) is 2. The molecule has 0 spiro atoms. The molecule has 2 aliphatic heterocycles. The number of nitro groups is 1. The van der Waals surface area contributed by atoms with Crippen LogP contribution in [0.1, 0.15) is 25.8 Å². The van der Waals surface area contributed by atoms with Gasteiger partial charge in [0.2, 0.25) is 6.41 Å². The molecule has 0 aliphatic carbocycles. The number of benzene rings is 1. The van der Waals surface area contributed by atoms with Crippen LogP contribution in [0.4, 0.5) is 5.69 Å². The fourth-order valence-corrected chi connectivity index (χ4v) is 4.68. The molecule has 2 fully saturated rings. The van der Waals surface area contributed by atoms with Crippen LogP contribution in [-0.2, 0) is 15.1 Å². The summed E-state index contributed by atoms with van der Waals surface area (Å²) in [5, 5.41) is 17.8. The average molecular weight is 441 g/mol. The highest BCUT2D eigenvalue weighted by atomic mass is 79.9. The first-order chi connectivity index (χ1) is 12.8. The summed E-state index contributed by atoms with van der Waals surface area (Å²) in [5.74, 6) is 0. The summed E-state index contributed by atoms with van der Waals surface area (Å²) in [6.07, 6.45) is 0.638. The summed E-state index contributed by atoms with van der Waals surface area (Å²) in [4.78, 5) is 24.2. The molecule has 1 amide bonds. The van der Waals surface area contributed by atoms with Gasteiger partial charge in [-0.1, -0.05) is 34.1 Å². The molecule has 0 aromatic heterocycles. The van der Waals surface area contributed by atoms with Crippen LogP contribution in [0.5, 0.6) is 0 Å². The molecule has 2 saturated heterocycles. The second-order valence-electron chi connectivity index (χ2n) is 7.40. The third kappa shape index (κ3) is 4.25.